The zero-order valence-corrected chi connectivity index (χ0v) is 26.7. The highest BCUT2D eigenvalue weighted by molar-refractivity contribution is 6.04. The van der Waals surface area contributed by atoms with Gasteiger partial charge in [0.1, 0.15) is 6.04 Å². The highest BCUT2D eigenvalue weighted by atomic mass is 16.5. The first-order valence-electron chi connectivity index (χ1n) is 15.0. The molecule has 0 bridgehead atoms. The van der Waals surface area contributed by atoms with E-state index in [1.807, 2.05) is 42.6 Å². The second-order valence-electron chi connectivity index (χ2n) is 11.5. The number of aryl methyl sites for hydroxylation is 1. The van der Waals surface area contributed by atoms with Crippen molar-refractivity contribution in [2.45, 2.75) is 58.7 Å². The minimum Gasteiger partial charge on any atom is -0.493 e. The molecule has 0 saturated heterocycles. The van der Waals surface area contributed by atoms with Crippen LogP contribution in [0.4, 0.5) is 11.4 Å². The molecular weight excluding hydrogens is 572 g/mol. The Morgan fingerprint density at radius 3 is 2.36 bits per heavy atom. The molecule has 0 aliphatic heterocycles. The van der Waals surface area contributed by atoms with Gasteiger partial charge in [-0.25, -0.2) is 0 Å². The number of hydrogen-bond donors (Lipinski definition) is 3. The minimum absolute atomic E-state index is 0.208. The van der Waals surface area contributed by atoms with Gasteiger partial charge in [-0.05, 0) is 86.7 Å². The summed E-state index contributed by atoms with van der Waals surface area (Å²) >= 11 is 0. The smallest absolute Gasteiger partial charge is 0.246 e. The molecule has 45 heavy (non-hydrogen) atoms. The van der Waals surface area contributed by atoms with E-state index in [9.17, 15) is 14.4 Å². The molecule has 1 heterocycles. The lowest BCUT2D eigenvalue weighted by Crippen LogP contribution is -2.33. The Hall–Kier alpha value is -4.99. The van der Waals surface area contributed by atoms with Crippen LogP contribution in [0.1, 0.15) is 57.3 Å². The topological polar surface area (TPSA) is 120 Å². The molecule has 0 radical (unpaired) electrons. The molecule has 4 aromatic rings. The lowest BCUT2D eigenvalue weighted by molar-refractivity contribution is -0.119. The number of hydrogen-bond acceptors (Lipinski definition) is 7. The van der Waals surface area contributed by atoms with Crippen molar-refractivity contribution in [1.29, 1.82) is 0 Å². The van der Waals surface area contributed by atoms with Crippen molar-refractivity contribution in [3.8, 4) is 28.4 Å². The van der Waals surface area contributed by atoms with Crippen LogP contribution in [0.25, 0.3) is 22.0 Å². The average molecular weight is 613 g/mol. The molecule has 10 nitrogen and oxygen atoms in total. The molecule has 2 amide bonds. The van der Waals surface area contributed by atoms with Gasteiger partial charge in [-0.3, -0.25) is 14.4 Å². The molecule has 1 aliphatic carbocycles. The molecule has 3 aromatic carbocycles. The second-order valence-corrected chi connectivity index (χ2v) is 11.5. The Morgan fingerprint density at radius 1 is 0.933 bits per heavy atom. The van der Waals surface area contributed by atoms with Gasteiger partial charge in [-0.2, -0.15) is 0 Å². The quantitative estimate of drug-likeness (QED) is 0.217. The zero-order valence-electron chi connectivity index (χ0n) is 26.7. The third-order valence-corrected chi connectivity index (χ3v) is 8.26. The Balaban J connectivity index is 1.54. The number of methoxy groups -OCH3 is 3. The van der Waals surface area contributed by atoms with Gasteiger partial charge in [-0.15, -0.1) is 0 Å². The van der Waals surface area contributed by atoms with Gasteiger partial charge >= 0.3 is 0 Å². The maximum absolute atomic E-state index is 13.7. The molecule has 1 aromatic heterocycles. The van der Waals surface area contributed by atoms with E-state index < -0.39 is 12.1 Å². The molecule has 0 spiro atoms. The summed E-state index contributed by atoms with van der Waals surface area (Å²) in [5.74, 6) is 0.931. The minimum atomic E-state index is -0.736. The largest absolute Gasteiger partial charge is 0.493 e. The van der Waals surface area contributed by atoms with Crippen LogP contribution >= 0.6 is 0 Å². The van der Waals surface area contributed by atoms with Crippen LogP contribution in [-0.2, 0) is 16.0 Å². The Morgan fingerprint density at radius 2 is 1.69 bits per heavy atom. The number of nitrogens with zero attached hydrogens (tertiary/aromatic N) is 1. The van der Waals surface area contributed by atoms with Crippen molar-refractivity contribution in [2.75, 3.05) is 32.0 Å². The Bertz CT molecular complexity index is 1830. The summed E-state index contributed by atoms with van der Waals surface area (Å²) in [6, 6.07) is 13.8. The van der Waals surface area contributed by atoms with E-state index in [0.717, 1.165) is 22.0 Å². The van der Waals surface area contributed by atoms with E-state index in [-0.39, 0.29) is 29.0 Å². The number of ether oxygens (including phenoxy) is 3. The summed E-state index contributed by atoms with van der Waals surface area (Å²) in [7, 11) is 4.66. The Kier molecular flexibility index (Phi) is 9.04. The SMILES string of the molecule is COc1cc2c(c(OC)c1OC)-c1ccc(N[C@@H](C)C(=O)Nc3cccc4c3ccn4C(C)C)c(=O)cc1[C@@H](NC(C)=O)CC2. The standard InChI is InChI=1S/C35H40N4O6/c1-19(2)39-16-15-24-26(9-8-10-29(24)39)38-35(42)20(3)36-28-14-12-23-25(18-30(28)41)27(37-21(4)40)13-11-22-17-31(43-5)33(44-6)34(45-7)32(22)23/h8-10,12,14-20,27H,11,13H2,1-7H3,(H,36,41)(H,37,40)(H,38,42)/t20-,27-/m0/s1. The fourth-order valence-electron chi connectivity index (χ4n) is 6.11. The number of carbonyl (C=O) groups is 2. The van der Waals surface area contributed by atoms with E-state index in [4.69, 9.17) is 14.2 Å². The van der Waals surface area contributed by atoms with Gasteiger partial charge < -0.3 is 34.7 Å². The van der Waals surface area contributed by atoms with Crippen molar-refractivity contribution in [2.24, 2.45) is 0 Å². The fraction of sp³-hybridized carbons (Fsp3) is 0.343. The number of anilines is 2. The van der Waals surface area contributed by atoms with Crippen LogP contribution in [0.3, 0.4) is 0 Å². The third-order valence-electron chi connectivity index (χ3n) is 8.26. The van der Waals surface area contributed by atoms with Crippen LogP contribution in [-0.4, -0.2) is 43.8 Å². The first kappa shape index (κ1) is 31.4. The highest BCUT2D eigenvalue weighted by Gasteiger charge is 2.29. The molecule has 236 valence electrons. The summed E-state index contributed by atoms with van der Waals surface area (Å²) < 4.78 is 19.3. The number of rotatable bonds is 9. The second kappa shape index (κ2) is 12.9. The van der Waals surface area contributed by atoms with Gasteiger partial charge in [0.2, 0.25) is 23.0 Å². The molecule has 2 atom stereocenters. The van der Waals surface area contributed by atoms with E-state index >= 15 is 0 Å². The Labute approximate surface area is 262 Å². The molecule has 0 saturated carbocycles. The van der Waals surface area contributed by atoms with Crippen LogP contribution < -0.4 is 35.6 Å². The van der Waals surface area contributed by atoms with Gasteiger partial charge in [0, 0.05) is 30.1 Å². The van der Waals surface area contributed by atoms with Crippen molar-refractivity contribution in [1.82, 2.24) is 9.88 Å². The maximum Gasteiger partial charge on any atom is 0.246 e. The molecule has 0 unspecified atom stereocenters. The summed E-state index contributed by atoms with van der Waals surface area (Å²) in [5, 5.41) is 10.1. The summed E-state index contributed by atoms with van der Waals surface area (Å²) in [4.78, 5) is 39.3. The lowest BCUT2D eigenvalue weighted by Gasteiger charge is -2.19. The molecule has 3 N–H and O–H groups in total. The normalized spacial score (nSPS) is 14.5. The van der Waals surface area contributed by atoms with Crippen molar-refractivity contribution in [3.63, 3.8) is 0 Å². The predicted octanol–water partition coefficient (Wildman–Crippen LogP) is 5.84. The van der Waals surface area contributed by atoms with Crippen LogP contribution in [0, 0.1) is 0 Å². The average Bonchev–Trinajstić information content (AvgIpc) is 3.33. The number of benzene rings is 2. The fourth-order valence-corrected chi connectivity index (χ4v) is 6.11. The van der Waals surface area contributed by atoms with E-state index in [0.29, 0.717) is 46.9 Å². The highest BCUT2D eigenvalue weighted by Crippen LogP contribution is 2.50. The van der Waals surface area contributed by atoms with Gasteiger partial charge in [0.25, 0.3) is 0 Å². The maximum atomic E-state index is 13.7. The lowest BCUT2D eigenvalue weighted by atomic mass is 9.95. The number of nitrogens with one attached hydrogen (secondary N) is 3. The number of aromatic nitrogens is 1. The molecule has 10 heteroatoms. The van der Waals surface area contributed by atoms with Crippen LogP contribution in [0.2, 0.25) is 0 Å². The summed E-state index contributed by atoms with van der Waals surface area (Å²) in [6.45, 7) is 7.38. The van der Waals surface area contributed by atoms with Gasteiger partial charge in [0.15, 0.2) is 11.5 Å². The first-order chi connectivity index (χ1) is 21.6. The summed E-state index contributed by atoms with van der Waals surface area (Å²) in [6.07, 6.45) is 3.16. The molecule has 5 rings (SSSR count). The van der Waals surface area contributed by atoms with Crippen LogP contribution in [0.5, 0.6) is 17.2 Å². The number of carbonyl (C=O) groups excluding carboxylic acids is 2. The van der Waals surface area contributed by atoms with Crippen molar-refractivity contribution < 1.29 is 23.8 Å². The van der Waals surface area contributed by atoms with Crippen LogP contribution in [0.15, 0.2) is 59.5 Å². The predicted molar refractivity (Wildman–Crippen MR) is 177 cm³/mol. The number of fused-ring (bicyclic) bond motifs is 4. The van der Waals surface area contributed by atoms with E-state index in [2.05, 4.69) is 34.4 Å². The van der Waals surface area contributed by atoms with Crippen molar-refractivity contribution in [3.05, 3.63) is 76.1 Å². The van der Waals surface area contributed by atoms with Gasteiger partial charge in [-0.1, -0.05) is 12.1 Å². The summed E-state index contributed by atoms with van der Waals surface area (Å²) in [5.41, 5.74) is 4.70. The first-order valence-corrected chi connectivity index (χ1v) is 15.0. The van der Waals surface area contributed by atoms with Crippen molar-refractivity contribution >= 4 is 34.1 Å². The monoisotopic (exact) mass is 612 g/mol. The van der Waals surface area contributed by atoms with Gasteiger partial charge in [0.05, 0.1) is 44.3 Å². The molecule has 0 fully saturated rings. The van der Waals surface area contributed by atoms with E-state index in [1.54, 1.807) is 34.3 Å². The third kappa shape index (κ3) is 6.05. The molecular formula is C35H40N4O6. The van der Waals surface area contributed by atoms with E-state index in [1.165, 1.54) is 13.0 Å². The zero-order chi connectivity index (χ0) is 32.4. The molecule has 1 aliphatic rings. The number of amides is 2.